The van der Waals surface area contributed by atoms with Crippen LogP contribution in [0.3, 0.4) is 0 Å². The number of benzene rings is 1. The highest BCUT2D eigenvalue weighted by atomic mass is 19.1. The lowest BCUT2D eigenvalue weighted by atomic mass is 10.2. The summed E-state index contributed by atoms with van der Waals surface area (Å²) >= 11 is 0. The van der Waals surface area contributed by atoms with Gasteiger partial charge in [0.25, 0.3) is 0 Å². The molecule has 106 valence electrons. The molecule has 0 saturated carbocycles. The molecule has 1 aromatic carbocycles. The maximum atomic E-state index is 12.9. The largest absolute Gasteiger partial charge is 0.478 e. The van der Waals surface area contributed by atoms with Crippen molar-refractivity contribution in [2.24, 2.45) is 0 Å². The van der Waals surface area contributed by atoms with E-state index in [-0.39, 0.29) is 11.4 Å². The molecule has 0 aliphatic heterocycles. The lowest BCUT2D eigenvalue weighted by Crippen LogP contribution is -2.21. The van der Waals surface area contributed by atoms with E-state index in [1.807, 2.05) is 11.8 Å². The Bertz CT molecular complexity index is 604. The highest BCUT2D eigenvalue weighted by Gasteiger charge is 2.15. The van der Waals surface area contributed by atoms with Crippen LogP contribution in [0.1, 0.15) is 28.8 Å². The number of carboxylic acid groups (broad SMARTS) is 1. The molecular formula is C15H16FNO3. The fraction of sp³-hybridized carbons (Fsp3) is 0.267. The molecule has 0 saturated heterocycles. The second kappa shape index (κ2) is 5.77. The molecule has 4 nitrogen and oxygen atoms in total. The molecular weight excluding hydrogens is 261 g/mol. The van der Waals surface area contributed by atoms with E-state index in [0.717, 1.165) is 5.69 Å². The molecule has 0 amide bonds. The van der Waals surface area contributed by atoms with Gasteiger partial charge in [-0.15, -0.1) is 0 Å². The van der Waals surface area contributed by atoms with Crippen LogP contribution in [0.15, 0.2) is 34.7 Å². The summed E-state index contributed by atoms with van der Waals surface area (Å²) in [6.07, 6.45) is 0. The molecule has 5 heteroatoms. The molecule has 0 bridgehead atoms. The van der Waals surface area contributed by atoms with Gasteiger partial charge < -0.3 is 14.4 Å². The number of anilines is 1. The van der Waals surface area contributed by atoms with Crippen molar-refractivity contribution < 1.29 is 18.7 Å². The number of hydrogen-bond acceptors (Lipinski definition) is 3. The molecule has 1 aromatic heterocycles. The maximum absolute atomic E-state index is 12.9. The zero-order valence-corrected chi connectivity index (χ0v) is 11.4. The summed E-state index contributed by atoms with van der Waals surface area (Å²) in [4.78, 5) is 13.0. The van der Waals surface area contributed by atoms with Crippen LogP contribution >= 0.6 is 0 Å². The fourth-order valence-electron chi connectivity index (χ4n) is 2.06. The minimum atomic E-state index is -0.998. The van der Waals surface area contributed by atoms with Crippen LogP contribution in [0, 0.1) is 12.7 Å². The number of furan rings is 1. The smallest absolute Gasteiger partial charge is 0.339 e. The van der Waals surface area contributed by atoms with Crippen LogP contribution in [0.4, 0.5) is 10.1 Å². The Hall–Kier alpha value is -2.30. The van der Waals surface area contributed by atoms with E-state index >= 15 is 0 Å². The van der Waals surface area contributed by atoms with Crippen LogP contribution in [0.5, 0.6) is 0 Å². The van der Waals surface area contributed by atoms with Crippen LogP contribution in [-0.2, 0) is 6.54 Å². The third kappa shape index (κ3) is 2.99. The van der Waals surface area contributed by atoms with Gasteiger partial charge in [0.2, 0.25) is 0 Å². The third-order valence-corrected chi connectivity index (χ3v) is 3.12. The summed E-state index contributed by atoms with van der Waals surface area (Å²) in [5.41, 5.74) is 1.04. The maximum Gasteiger partial charge on any atom is 0.339 e. The van der Waals surface area contributed by atoms with Gasteiger partial charge >= 0.3 is 5.97 Å². The number of aryl methyl sites for hydroxylation is 1. The summed E-state index contributed by atoms with van der Waals surface area (Å²) in [5, 5.41) is 9.00. The first-order valence-electron chi connectivity index (χ1n) is 6.34. The Morgan fingerprint density at radius 2 is 2.00 bits per heavy atom. The van der Waals surface area contributed by atoms with E-state index in [4.69, 9.17) is 9.52 Å². The Balaban J connectivity index is 2.20. The van der Waals surface area contributed by atoms with Crippen molar-refractivity contribution in [2.45, 2.75) is 20.4 Å². The van der Waals surface area contributed by atoms with Gasteiger partial charge in [0.1, 0.15) is 22.9 Å². The predicted octanol–water partition coefficient (Wildman–Crippen LogP) is 3.45. The molecule has 20 heavy (non-hydrogen) atoms. The highest BCUT2D eigenvalue weighted by molar-refractivity contribution is 5.88. The van der Waals surface area contributed by atoms with Crippen LogP contribution < -0.4 is 4.90 Å². The van der Waals surface area contributed by atoms with E-state index < -0.39 is 5.97 Å². The first-order chi connectivity index (χ1) is 9.51. The van der Waals surface area contributed by atoms with Gasteiger partial charge in [-0.3, -0.25) is 0 Å². The first kappa shape index (κ1) is 14.1. The lowest BCUT2D eigenvalue weighted by molar-refractivity contribution is 0.0695. The van der Waals surface area contributed by atoms with Crippen molar-refractivity contribution in [1.82, 2.24) is 0 Å². The van der Waals surface area contributed by atoms with Crippen molar-refractivity contribution >= 4 is 11.7 Å². The van der Waals surface area contributed by atoms with E-state index in [9.17, 15) is 9.18 Å². The number of rotatable bonds is 5. The average Bonchev–Trinajstić information content (AvgIpc) is 2.78. The normalized spacial score (nSPS) is 10.6. The quantitative estimate of drug-likeness (QED) is 0.909. The second-order valence-electron chi connectivity index (χ2n) is 4.48. The van der Waals surface area contributed by atoms with Crippen LogP contribution in [-0.4, -0.2) is 17.6 Å². The molecule has 0 fully saturated rings. The monoisotopic (exact) mass is 277 g/mol. The van der Waals surface area contributed by atoms with E-state index in [1.54, 1.807) is 19.1 Å². The van der Waals surface area contributed by atoms with Gasteiger partial charge in [-0.05, 0) is 44.2 Å². The Kier molecular flexibility index (Phi) is 4.08. The third-order valence-electron chi connectivity index (χ3n) is 3.12. The standard InChI is InChI=1S/C15H16FNO3/c1-3-17(12-6-4-11(16)5-7-12)9-13-8-14(15(18)19)10(2)20-13/h4-8H,3,9H2,1-2H3,(H,18,19). The fourth-order valence-corrected chi connectivity index (χ4v) is 2.06. The Morgan fingerprint density at radius 1 is 1.35 bits per heavy atom. The van der Waals surface area contributed by atoms with Gasteiger partial charge in [-0.2, -0.15) is 0 Å². The molecule has 1 N–H and O–H groups in total. The van der Waals surface area contributed by atoms with Gasteiger partial charge in [-0.25, -0.2) is 9.18 Å². The summed E-state index contributed by atoms with van der Waals surface area (Å²) in [7, 11) is 0. The number of halogens is 1. The molecule has 0 spiro atoms. The molecule has 1 heterocycles. The molecule has 0 unspecified atom stereocenters. The summed E-state index contributed by atoms with van der Waals surface area (Å²) < 4.78 is 18.4. The molecule has 0 radical (unpaired) electrons. The number of hydrogen-bond donors (Lipinski definition) is 1. The van der Waals surface area contributed by atoms with Crippen molar-refractivity contribution in [1.29, 1.82) is 0 Å². The van der Waals surface area contributed by atoms with Gasteiger partial charge in [0, 0.05) is 12.2 Å². The zero-order chi connectivity index (χ0) is 14.7. The number of aromatic carboxylic acids is 1. The van der Waals surface area contributed by atoms with E-state index in [0.29, 0.717) is 24.6 Å². The molecule has 2 aromatic rings. The molecule has 0 aliphatic rings. The molecule has 0 atom stereocenters. The Morgan fingerprint density at radius 3 is 2.50 bits per heavy atom. The second-order valence-corrected chi connectivity index (χ2v) is 4.48. The minimum Gasteiger partial charge on any atom is -0.478 e. The van der Waals surface area contributed by atoms with Crippen molar-refractivity contribution in [3.63, 3.8) is 0 Å². The van der Waals surface area contributed by atoms with E-state index in [2.05, 4.69) is 0 Å². The van der Waals surface area contributed by atoms with Gasteiger partial charge in [-0.1, -0.05) is 0 Å². The van der Waals surface area contributed by atoms with Gasteiger partial charge in [0.05, 0.1) is 6.54 Å². The molecule has 0 aliphatic carbocycles. The highest BCUT2D eigenvalue weighted by Crippen LogP contribution is 2.21. The summed E-state index contributed by atoms with van der Waals surface area (Å²) in [5.74, 6) is -0.317. The van der Waals surface area contributed by atoms with Crippen molar-refractivity contribution in [2.75, 3.05) is 11.4 Å². The minimum absolute atomic E-state index is 0.176. The Labute approximate surface area is 116 Å². The van der Waals surface area contributed by atoms with E-state index in [1.165, 1.54) is 18.2 Å². The van der Waals surface area contributed by atoms with Crippen molar-refractivity contribution in [3.05, 3.63) is 53.2 Å². The lowest BCUT2D eigenvalue weighted by Gasteiger charge is -2.21. The van der Waals surface area contributed by atoms with Crippen LogP contribution in [0.25, 0.3) is 0 Å². The zero-order valence-electron chi connectivity index (χ0n) is 11.4. The summed E-state index contributed by atoms with van der Waals surface area (Å²) in [6.45, 7) is 4.74. The average molecular weight is 277 g/mol. The molecule has 2 rings (SSSR count). The number of nitrogens with zero attached hydrogens (tertiary/aromatic N) is 1. The van der Waals surface area contributed by atoms with Crippen molar-refractivity contribution in [3.8, 4) is 0 Å². The first-order valence-corrected chi connectivity index (χ1v) is 6.34. The number of carbonyl (C=O) groups is 1. The van der Waals surface area contributed by atoms with Crippen LogP contribution in [0.2, 0.25) is 0 Å². The number of carboxylic acids is 1. The topological polar surface area (TPSA) is 53.7 Å². The SMILES string of the molecule is CCN(Cc1cc(C(=O)O)c(C)o1)c1ccc(F)cc1. The summed E-state index contributed by atoms with van der Waals surface area (Å²) in [6, 6.07) is 7.70. The van der Waals surface area contributed by atoms with Gasteiger partial charge in [0.15, 0.2) is 0 Å². The predicted molar refractivity (Wildman–Crippen MR) is 73.5 cm³/mol.